The Hall–Kier alpha value is -2.36. The second-order valence-corrected chi connectivity index (χ2v) is 3.94. The summed E-state index contributed by atoms with van der Waals surface area (Å²) in [6.07, 6.45) is 0. The first-order valence-corrected chi connectivity index (χ1v) is 5.43. The molecule has 0 fully saturated rings. The maximum atomic E-state index is 5.61. The summed E-state index contributed by atoms with van der Waals surface area (Å²) in [5.74, 6) is 0.304. The van der Waals surface area contributed by atoms with Crippen LogP contribution < -0.4 is 5.73 Å². The van der Waals surface area contributed by atoms with Gasteiger partial charge in [-0.05, 0) is 24.6 Å². The number of pyridine rings is 1. The Bertz CT molecular complexity index is 670. The first kappa shape index (κ1) is 9.84. The molecule has 2 aromatic heterocycles. The van der Waals surface area contributed by atoms with Crippen LogP contribution in [0.15, 0.2) is 42.5 Å². The lowest BCUT2D eigenvalue weighted by molar-refractivity contribution is 0.922. The van der Waals surface area contributed by atoms with E-state index in [2.05, 4.69) is 22.2 Å². The Balaban J connectivity index is 2.28. The molecule has 0 spiro atoms. The standard InChI is InChI=1S/C13H12N4/c1-9-11(10-5-3-2-4-6-10)7-8-12-15-13(14)16-17(9)12/h2-8H,1H3,(H2,14,16). The minimum absolute atomic E-state index is 0.304. The monoisotopic (exact) mass is 224 g/mol. The zero-order valence-electron chi connectivity index (χ0n) is 9.46. The average Bonchev–Trinajstić information content (AvgIpc) is 2.72. The Morgan fingerprint density at radius 1 is 1.06 bits per heavy atom. The van der Waals surface area contributed by atoms with Gasteiger partial charge in [0.25, 0.3) is 0 Å². The largest absolute Gasteiger partial charge is 0.366 e. The molecular weight excluding hydrogens is 212 g/mol. The minimum Gasteiger partial charge on any atom is -0.366 e. The molecule has 0 aliphatic carbocycles. The summed E-state index contributed by atoms with van der Waals surface area (Å²) in [5.41, 5.74) is 9.73. The fourth-order valence-electron chi connectivity index (χ4n) is 2.01. The SMILES string of the molecule is Cc1c(-c2ccccc2)ccc2nc(N)nn12. The molecule has 3 aromatic rings. The van der Waals surface area contributed by atoms with Gasteiger partial charge in [-0.15, -0.1) is 5.10 Å². The summed E-state index contributed by atoms with van der Waals surface area (Å²) in [5, 5.41) is 4.18. The highest BCUT2D eigenvalue weighted by atomic mass is 15.3. The molecule has 0 amide bonds. The van der Waals surface area contributed by atoms with E-state index in [0.29, 0.717) is 5.95 Å². The van der Waals surface area contributed by atoms with Crippen LogP contribution in [-0.4, -0.2) is 14.6 Å². The Morgan fingerprint density at radius 3 is 2.59 bits per heavy atom. The van der Waals surface area contributed by atoms with E-state index in [1.54, 1.807) is 4.52 Å². The van der Waals surface area contributed by atoms with Gasteiger partial charge >= 0.3 is 0 Å². The third-order valence-corrected chi connectivity index (χ3v) is 2.84. The van der Waals surface area contributed by atoms with Crippen LogP contribution in [0.4, 0.5) is 5.95 Å². The molecule has 0 aliphatic rings. The molecule has 0 atom stereocenters. The first-order chi connectivity index (χ1) is 8.25. The van der Waals surface area contributed by atoms with Crippen molar-refractivity contribution in [3.8, 4) is 11.1 Å². The van der Waals surface area contributed by atoms with E-state index in [4.69, 9.17) is 5.73 Å². The molecule has 3 rings (SSSR count). The highest BCUT2D eigenvalue weighted by Gasteiger charge is 2.08. The highest BCUT2D eigenvalue weighted by Crippen LogP contribution is 2.23. The molecule has 17 heavy (non-hydrogen) atoms. The molecule has 4 nitrogen and oxygen atoms in total. The summed E-state index contributed by atoms with van der Waals surface area (Å²) < 4.78 is 1.78. The van der Waals surface area contributed by atoms with Gasteiger partial charge in [0, 0.05) is 11.3 Å². The minimum atomic E-state index is 0.304. The van der Waals surface area contributed by atoms with Crippen LogP contribution in [0, 0.1) is 6.92 Å². The Labute approximate surface area is 98.7 Å². The van der Waals surface area contributed by atoms with Crippen molar-refractivity contribution in [1.82, 2.24) is 14.6 Å². The van der Waals surface area contributed by atoms with Crippen LogP contribution in [-0.2, 0) is 0 Å². The average molecular weight is 224 g/mol. The second kappa shape index (κ2) is 3.59. The van der Waals surface area contributed by atoms with Crippen molar-refractivity contribution in [1.29, 1.82) is 0 Å². The van der Waals surface area contributed by atoms with Crippen LogP contribution >= 0.6 is 0 Å². The number of hydrogen-bond donors (Lipinski definition) is 1. The Morgan fingerprint density at radius 2 is 1.82 bits per heavy atom. The van der Waals surface area contributed by atoms with E-state index in [0.717, 1.165) is 16.9 Å². The van der Waals surface area contributed by atoms with Gasteiger partial charge in [-0.3, -0.25) is 0 Å². The summed E-state index contributed by atoms with van der Waals surface area (Å²) in [6.45, 7) is 2.02. The topological polar surface area (TPSA) is 56.2 Å². The zero-order chi connectivity index (χ0) is 11.8. The fourth-order valence-corrected chi connectivity index (χ4v) is 2.01. The van der Waals surface area contributed by atoms with E-state index >= 15 is 0 Å². The molecule has 0 saturated heterocycles. The normalized spacial score (nSPS) is 10.9. The van der Waals surface area contributed by atoms with Crippen molar-refractivity contribution in [3.05, 3.63) is 48.2 Å². The Kier molecular flexibility index (Phi) is 2.08. The lowest BCUT2D eigenvalue weighted by atomic mass is 10.0. The summed E-state index contributed by atoms with van der Waals surface area (Å²) >= 11 is 0. The smallest absolute Gasteiger partial charge is 0.240 e. The second-order valence-electron chi connectivity index (χ2n) is 3.94. The van der Waals surface area contributed by atoms with Crippen molar-refractivity contribution in [2.24, 2.45) is 0 Å². The van der Waals surface area contributed by atoms with Gasteiger partial charge in [0.1, 0.15) is 0 Å². The van der Waals surface area contributed by atoms with Crippen LogP contribution in [0.2, 0.25) is 0 Å². The van der Waals surface area contributed by atoms with Crippen molar-refractivity contribution in [3.63, 3.8) is 0 Å². The van der Waals surface area contributed by atoms with Gasteiger partial charge in [0.2, 0.25) is 5.95 Å². The molecule has 2 heterocycles. The van der Waals surface area contributed by atoms with Crippen LogP contribution in [0.5, 0.6) is 0 Å². The molecule has 0 aliphatic heterocycles. The van der Waals surface area contributed by atoms with Crippen LogP contribution in [0.3, 0.4) is 0 Å². The van der Waals surface area contributed by atoms with Gasteiger partial charge in [-0.2, -0.15) is 4.98 Å². The fraction of sp³-hybridized carbons (Fsp3) is 0.0769. The third kappa shape index (κ3) is 1.54. The van der Waals surface area contributed by atoms with Crippen LogP contribution in [0.1, 0.15) is 5.69 Å². The molecule has 4 heteroatoms. The van der Waals surface area contributed by atoms with Crippen molar-refractivity contribution in [2.75, 3.05) is 5.73 Å². The zero-order valence-corrected chi connectivity index (χ0v) is 9.46. The highest BCUT2D eigenvalue weighted by molar-refractivity contribution is 5.68. The van der Waals surface area contributed by atoms with Gasteiger partial charge in [0.05, 0.1) is 0 Å². The quantitative estimate of drug-likeness (QED) is 0.690. The molecule has 84 valence electrons. The van der Waals surface area contributed by atoms with Crippen molar-refractivity contribution in [2.45, 2.75) is 6.92 Å². The van der Waals surface area contributed by atoms with E-state index in [1.807, 2.05) is 37.3 Å². The first-order valence-electron chi connectivity index (χ1n) is 5.43. The maximum Gasteiger partial charge on any atom is 0.240 e. The van der Waals surface area contributed by atoms with E-state index in [-0.39, 0.29) is 0 Å². The molecule has 0 bridgehead atoms. The molecule has 1 aromatic carbocycles. The number of nitrogens with two attached hydrogens (primary N) is 1. The molecule has 2 N–H and O–H groups in total. The number of fused-ring (bicyclic) bond motifs is 1. The number of aryl methyl sites for hydroxylation is 1. The van der Waals surface area contributed by atoms with Crippen molar-refractivity contribution < 1.29 is 0 Å². The van der Waals surface area contributed by atoms with Gasteiger partial charge in [-0.25, -0.2) is 4.52 Å². The number of aromatic nitrogens is 3. The molecular formula is C13H12N4. The number of rotatable bonds is 1. The number of anilines is 1. The predicted molar refractivity (Wildman–Crippen MR) is 67.6 cm³/mol. The lowest BCUT2D eigenvalue weighted by Crippen LogP contribution is -1.97. The molecule has 0 unspecified atom stereocenters. The number of nitrogens with zero attached hydrogens (tertiary/aromatic N) is 3. The predicted octanol–water partition coefficient (Wildman–Crippen LogP) is 2.29. The number of benzene rings is 1. The summed E-state index contributed by atoms with van der Waals surface area (Å²) in [6, 6.07) is 14.2. The lowest BCUT2D eigenvalue weighted by Gasteiger charge is -2.06. The number of nitrogen functional groups attached to an aromatic ring is 1. The molecule has 0 saturated carbocycles. The van der Waals surface area contributed by atoms with Gasteiger partial charge in [-0.1, -0.05) is 30.3 Å². The molecule has 0 radical (unpaired) electrons. The van der Waals surface area contributed by atoms with Crippen molar-refractivity contribution >= 4 is 11.6 Å². The van der Waals surface area contributed by atoms with E-state index < -0.39 is 0 Å². The summed E-state index contributed by atoms with van der Waals surface area (Å²) in [4.78, 5) is 4.14. The maximum absolute atomic E-state index is 5.61. The van der Waals surface area contributed by atoms with Crippen LogP contribution in [0.25, 0.3) is 16.8 Å². The van der Waals surface area contributed by atoms with Gasteiger partial charge < -0.3 is 5.73 Å². The third-order valence-electron chi connectivity index (χ3n) is 2.84. The number of hydrogen-bond acceptors (Lipinski definition) is 3. The summed E-state index contributed by atoms with van der Waals surface area (Å²) in [7, 11) is 0. The van der Waals surface area contributed by atoms with Gasteiger partial charge in [0.15, 0.2) is 5.65 Å². The van der Waals surface area contributed by atoms with E-state index in [1.165, 1.54) is 5.56 Å². The van der Waals surface area contributed by atoms with E-state index in [9.17, 15) is 0 Å².